The molecule has 6 nitrogen and oxygen atoms in total. The average molecular weight is 252 g/mol. The molecule has 0 spiro atoms. The maximum absolute atomic E-state index is 11.7. The molecule has 0 radical (unpaired) electrons. The molecule has 3 N–H and O–H groups in total. The Bertz CT molecular complexity index is 586. The van der Waals surface area contributed by atoms with Gasteiger partial charge in [0.25, 0.3) is 5.56 Å². The molecule has 0 aliphatic heterocycles. The van der Waals surface area contributed by atoms with Crippen molar-refractivity contribution in [3.05, 3.63) is 44.8 Å². The molecule has 1 saturated carbocycles. The highest BCUT2D eigenvalue weighted by atomic mass is 16.3. The zero-order valence-corrected chi connectivity index (χ0v) is 10.1. The summed E-state index contributed by atoms with van der Waals surface area (Å²) in [5, 5.41) is 19.0. The number of nitrogens with one attached hydrogen (secondary N) is 1. The van der Waals surface area contributed by atoms with E-state index in [1.165, 1.54) is 10.8 Å². The molecule has 0 aromatic carbocycles. The van der Waals surface area contributed by atoms with Gasteiger partial charge in [-0.2, -0.15) is 0 Å². The minimum absolute atomic E-state index is 0.201. The average Bonchev–Trinajstić information content (AvgIpc) is 2.59. The Morgan fingerprint density at radius 3 is 2.78 bits per heavy atom. The Hall–Kier alpha value is -1.66. The molecule has 1 aromatic rings. The van der Waals surface area contributed by atoms with Gasteiger partial charge in [-0.1, -0.05) is 6.58 Å². The maximum Gasteiger partial charge on any atom is 0.328 e. The first-order valence-corrected chi connectivity index (χ1v) is 5.75. The molecule has 1 aliphatic rings. The van der Waals surface area contributed by atoms with Gasteiger partial charge in [-0.15, -0.1) is 0 Å². The van der Waals surface area contributed by atoms with E-state index in [2.05, 4.69) is 11.6 Å². The molecule has 1 aromatic heterocycles. The normalized spacial score (nSPS) is 27.7. The molecular weight excluding hydrogens is 236 g/mol. The summed E-state index contributed by atoms with van der Waals surface area (Å²) in [7, 11) is 0. The molecule has 1 heterocycles. The van der Waals surface area contributed by atoms with Gasteiger partial charge in [-0.3, -0.25) is 14.3 Å². The van der Waals surface area contributed by atoms with Crippen LogP contribution < -0.4 is 11.2 Å². The molecule has 0 bridgehead atoms. The topological polar surface area (TPSA) is 95.3 Å². The third-order valence-electron chi connectivity index (χ3n) is 3.51. The van der Waals surface area contributed by atoms with Crippen molar-refractivity contribution in [2.75, 3.05) is 6.61 Å². The summed E-state index contributed by atoms with van der Waals surface area (Å²) in [6.45, 7) is 5.24. The van der Waals surface area contributed by atoms with Gasteiger partial charge in [0.05, 0.1) is 18.8 Å². The lowest BCUT2D eigenvalue weighted by atomic mass is 10.0. The lowest BCUT2D eigenvalue weighted by Crippen LogP contribution is -2.33. The van der Waals surface area contributed by atoms with E-state index in [1.54, 1.807) is 6.92 Å². The van der Waals surface area contributed by atoms with Crippen LogP contribution in [0.2, 0.25) is 0 Å². The van der Waals surface area contributed by atoms with Crippen LogP contribution in [0, 0.1) is 12.8 Å². The second-order valence-corrected chi connectivity index (χ2v) is 4.66. The lowest BCUT2D eigenvalue weighted by molar-refractivity contribution is 0.101. The monoisotopic (exact) mass is 252 g/mol. The predicted octanol–water partition coefficient (Wildman–Crippen LogP) is -0.685. The molecule has 2 rings (SSSR count). The SMILES string of the molecule is C=C1[C@H](CO)[C@@H](O)C[C@@H]1n1cc(C)c(=O)[nH]c1=O. The van der Waals surface area contributed by atoms with Crippen molar-refractivity contribution in [2.45, 2.75) is 25.5 Å². The summed E-state index contributed by atoms with van der Waals surface area (Å²) < 4.78 is 1.36. The highest BCUT2D eigenvalue weighted by Crippen LogP contribution is 2.37. The number of aryl methyl sites for hydroxylation is 1. The van der Waals surface area contributed by atoms with Crippen LogP contribution in [0.4, 0.5) is 0 Å². The molecule has 3 atom stereocenters. The van der Waals surface area contributed by atoms with Gasteiger partial charge in [0.1, 0.15) is 0 Å². The molecule has 1 fully saturated rings. The van der Waals surface area contributed by atoms with E-state index in [9.17, 15) is 19.8 Å². The third-order valence-corrected chi connectivity index (χ3v) is 3.51. The molecule has 0 unspecified atom stereocenters. The standard InChI is InChI=1S/C12H16N2O4/c1-6-4-14(12(18)13-11(6)17)9-3-10(16)8(5-15)7(9)2/h4,8-10,15-16H,2-3,5H2,1H3,(H,13,17,18)/t8-,9-,10-/m0/s1. The quantitative estimate of drug-likeness (QED) is 0.607. The first-order valence-electron chi connectivity index (χ1n) is 5.75. The summed E-state index contributed by atoms with van der Waals surface area (Å²) in [5.41, 5.74) is 0.0875. The largest absolute Gasteiger partial charge is 0.396 e. The van der Waals surface area contributed by atoms with Crippen LogP contribution in [0.25, 0.3) is 0 Å². The second kappa shape index (κ2) is 4.55. The van der Waals surface area contributed by atoms with Gasteiger partial charge in [-0.25, -0.2) is 4.79 Å². The number of rotatable bonds is 2. The number of hydrogen-bond donors (Lipinski definition) is 3. The molecule has 98 valence electrons. The van der Waals surface area contributed by atoms with Crippen LogP contribution >= 0.6 is 0 Å². The zero-order chi connectivity index (χ0) is 13.4. The van der Waals surface area contributed by atoms with Gasteiger partial charge in [0.2, 0.25) is 0 Å². The van der Waals surface area contributed by atoms with Crippen LogP contribution in [-0.4, -0.2) is 32.5 Å². The van der Waals surface area contributed by atoms with Crippen LogP contribution in [0.5, 0.6) is 0 Å². The lowest BCUT2D eigenvalue weighted by Gasteiger charge is -2.16. The number of aliphatic hydroxyl groups is 2. The Balaban J connectivity index is 2.45. The Kier molecular flexibility index (Phi) is 3.23. The summed E-state index contributed by atoms with van der Waals surface area (Å²) in [6.07, 6.45) is 1.06. The van der Waals surface area contributed by atoms with Gasteiger partial charge >= 0.3 is 5.69 Å². The summed E-state index contributed by atoms with van der Waals surface area (Å²) >= 11 is 0. The van der Waals surface area contributed by atoms with Crippen LogP contribution in [-0.2, 0) is 0 Å². The Morgan fingerprint density at radius 2 is 2.22 bits per heavy atom. The number of aromatic amines is 1. The highest BCUT2D eigenvalue weighted by Gasteiger charge is 2.37. The molecule has 0 amide bonds. The fourth-order valence-electron chi connectivity index (χ4n) is 2.39. The van der Waals surface area contributed by atoms with Crippen LogP contribution in [0.1, 0.15) is 18.0 Å². The van der Waals surface area contributed by atoms with E-state index >= 15 is 0 Å². The minimum atomic E-state index is -0.716. The van der Waals surface area contributed by atoms with E-state index in [0.717, 1.165) is 0 Å². The molecule has 0 saturated heterocycles. The first-order chi connectivity index (χ1) is 8.45. The van der Waals surface area contributed by atoms with E-state index in [-0.39, 0.29) is 12.6 Å². The van der Waals surface area contributed by atoms with Gasteiger partial charge in [0, 0.05) is 17.7 Å². The van der Waals surface area contributed by atoms with Crippen molar-refractivity contribution >= 4 is 0 Å². The molecule has 1 aliphatic carbocycles. The van der Waals surface area contributed by atoms with Crippen molar-refractivity contribution in [1.82, 2.24) is 9.55 Å². The molecule has 6 heteroatoms. The summed E-state index contributed by atoms with van der Waals surface area (Å²) in [4.78, 5) is 25.3. The number of H-pyrrole nitrogens is 1. The van der Waals surface area contributed by atoms with Crippen LogP contribution in [0.3, 0.4) is 0 Å². The molecule has 18 heavy (non-hydrogen) atoms. The highest BCUT2D eigenvalue weighted by molar-refractivity contribution is 5.19. The van der Waals surface area contributed by atoms with E-state index in [1.807, 2.05) is 0 Å². The van der Waals surface area contributed by atoms with Crippen molar-refractivity contribution in [3.63, 3.8) is 0 Å². The molecular formula is C12H16N2O4. The maximum atomic E-state index is 11.7. The van der Waals surface area contributed by atoms with E-state index in [4.69, 9.17) is 0 Å². The zero-order valence-electron chi connectivity index (χ0n) is 10.1. The third kappa shape index (κ3) is 1.93. The Morgan fingerprint density at radius 1 is 1.56 bits per heavy atom. The smallest absolute Gasteiger partial charge is 0.328 e. The van der Waals surface area contributed by atoms with Gasteiger partial charge in [-0.05, 0) is 18.9 Å². The Labute approximate surface area is 103 Å². The minimum Gasteiger partial charge on any atom is -0.396 e. The fraction of sp³-hybridized carbons (Fsp3) is 0.500. The first kappa shape index (κ1) is 12.8. The van der Waals surface area contributed by atoms with Crippen molar-refractivity contribution < 1.29 is 10.2 Å². The number of aliphatic hydroxyl groups excluding tert-OH is 2. The van der Waals surface area contributed by atoms with Crippen LogP contribution in [0.15, 0.2) is 27.9 Å². The van der Waals surface area contributed by atoms with Crippen molar-refractivity contribution in [3.8, 4) is 0 Å². The van der Waals surface area contributed by atoms with Crippen molar-refractivity contribution in [2.24, 2.45) is 5.92 Å². The van der Waals surface area contributed by atoms with Gasteiger partial charge < -0.3 is 10.2 Å². The number of nitrogens with zero attached hydrogens (tertiary/aromatic N) is 1. The number of aromatic nitrogens is 2. The van der Waals surface area contributed by atoms with E-state index in [0.29, 0.717) is 17.6 Å². The fourth-order valence-corrected chi connectivity index (χ4v) is 2.39. The van der Waals surface area contributed by atoms with E-state index < -0.39 is 23.3 Å². The summed E-state index contributed by atoms with van der Waals surface area (Å²) in [6, 6.07) is -0.389. The number of hydrogen-bond acceptors (Lipinski definition) is 4. The second-order valence-electron chi connectivity index (χ2n) is 4.66. The predicted molar refractivity (Wildman–Crippen MR) is 65.4 cm³/mol. The van der Waals surface area contributed by atoms with Gasteiger partial charge in [0.15, 0.2) is 0 Å². The van der Waals surface area contributed by atoms with Crippen molar-refractivity contribution in [1.29, 1.82) is 0 Å². The summed E-state index contributed by atoms with van der Waals surface area (Å²) in [5.74, 6) is -0.422.